The van der Waals surface area contributed by atoms with Crippen LogP contribution in [0.3, 0.4) is 0 Å². The predicted molar refractivity (Wildman–Crippen MR) is 65.8 cm³/mol. The van der Waals surface area contributed by atoms with Crippen molar-refractivity contribution in [3.8, 4) is 11.3 Å². The van der Waals surface area contributed by atoms with Crippen molar-refractivity contribution < 1.29 is 9.34 Å². The molecule has 0 saturated heterocycles. The van der Waals surface area contributed by atoms with Crippen molar-refractivity contribution in [2.24, 2.45) is 0 Å². The fourth-order valence-corrected chi connectivity index (χ4v) is 2.02. The van der Waals surface area contributed by atoms with Crippen molar-refractivity contribution in [3.05, 3.63) is 63.0 Å². The molecule has 0 fully saturated rings. The number of rotatable bonds is 1. The first-order valence-electron chi connectivity index (χ1n) is 5.26. The fourth-order valence-electron chi connectivity index (χ4n) is 2.02. The Bertz CT molecular complexity index is 791. The van der Waals surface area contributed by atoms with Crippen LogP contribution in [0.15, 0.2) is 51.9 Å². The first-order chi connectivity index (χ1) is 8.68. The van der Waals surface area contributed by atoms with Gasteiger partial charge < -0.3 is 4.42 Å². The highest BCUT2D eigenvalue weighted by Gasteiger charge is 2.23. The summed E-state index contributed by atoms with van der Waals surface area (Å²) in [5.41, 5.74) is -0.228. The molecule has 1 aliphatic carbocycles. The number of benzene rings is 2. The Hall–Kier alpha value is -2.69. The van der Waals surface area contributed by atoms with Gasteiger partial charge in [-0.2, -0.15) is 0 Å². The minimum atomic E-state index is -0.556. The molecule has 18 heavy (non-hydrogen) atoms. The Morgan fingerprint density at radius 1 is 1.11 bits per heavy atom. The van der Waals surface area contributed by atoms with Crippen molar-refractivity contribution in [2.75, 3.05) is 0 Å². The van der Waals surface area contributed by atoms with E-state index in [0.29, 0.717) is 5.39 Å². The molecule has 0 N–H and O–H groups in total. The van der Waals surface area contributed by atoms with Crippen LogP contribution >= 0.6 is 0 Å². The van der Waals surface area contributed by atoms with Gasteiger partial charge in [-0.3, -0.25) is 14.9 Å². The van der Waals surface area contributed by atoms with Gasteiger partial charge in [0, 0.05) is 11.5 Å². The third-order valence-electron chi connectivity index (χ3n) is 2.83. The molecule has 5 heteroatoms. The minimum absolute atomic E-state index is 0.0196. The lowest BCUT2D eigenvalue weighted by Crippen LogP contribution is -2.07. The van der Waals surface area contributed by atoms with Crippen molar-refractivity contribution in [2.45, 2.75) is 0 Å². The van der Waals surface area contributed by atoms with Gasteiger partial charge in [0.25, 0.3) is 0 Å². The molecule has 1 aliphatic heterocycles. The Morgan fingerprint density at radius 3 is 2.67 bits per heavy atom. The number of hydrogen-bond acceptors (Lipinski definition) is 4. The lowest BCUT2D eigenvalue weighted by atomic mass is 10.0. The van der Waals surface area contributed by atoms with Gasteiger partial charge in [0.05, 0.1) is 16.7 Å². The topological polar surface area (TPSA) is 73.3 Å². The van der Waals surface area contributed by atoms with Crippen molar-refractivity contribution in [3.63, 3.8) is 0 Å². The van der Waals surface area contributed by atoms with E-state index in [1.165, 1.54) is 18.4 Å². The normalized spacial score (nSPS) is 10.9. The van der Waals surface area contributed by atoms with E-state index in [1.54, 1.807) is 18.2 Å². The van der Waals surface area contributed by atoms with Gasteiger partial charge in [-0.05, 0) is 11.5 Å². The van der Waals surface area contributed by atoms with Gasteiger partial charge in [-0.25, -0.2) is 0 Å². The van der Waals surface area contributed by atoms with Crippen molar-refractivity contribution in [1.82, 2.24) is 0 Å². The Kier molecular flexibility index (Phi) is 2.13. The number of nitro groups is 1. The second-order valence-electron chi connectivity index (χ2n) is 3.87. The van der Waals surface area contributed by atoms with E-state index < -0.39 is 4.92 Å². The van der Waals surface area contributed by atoms with Crippen molar-refractivity contribution >= 4 is 16.5 Å². The third kappa shape index (κ3) is 1.37. The standard InChI is InChI=1S/C13H7NO4/c15-11-6-5-10(14(16)17)13-12(11)9-4-2-1-3-8(9)7-18-13/h1-7H. The van der Waals surface area contributed by atoms with Crippen LogP contribution in [0.5, 0.6) is 0 Å². The first-order valence-corrected chi connectivity index (χ1v) is 5.26. The van der Waals surface area contributed by atoms with E-state index in [4.69, 9.17) is 4.42 Å². The average Bonchev–Trinajstić information content (AvgIpc) is 2.38. The molecule has 1 aromatic carbocycles. The van der Waals surface area contributed by atoms with Gasteiger partial charge in [-0.15, -0.1) is 0 Å². The van der Waals surface area contributed by atoms with Crippen LogP contribution in [0.1, 0.15) is 0 Å². The zero-order valence-electron chi connectivity index (χ0n) is 9.12. The number of nitrogens with zero attached hydrogens (tertiary/aromatic N) is 1. The summed E-state index contributed by atoms with van der Waals surface area (Å²) in [6.07, 6.45) is 1.42. The zero-order chi connectivity index (χ0) is 12.7. The highest BCUT2D eigenvalue weighted by Crippen LogP contribution is 2.34. The molecule has 1 aromatic rings. The highest BCUT2D eigenvalue weighted by molar-refractivity contribution is 5.96. The number of fused-ring (bicyclic) bond motifs is 3. The molecule has 0 radical (unpaired) electrons. The lowest BCUT2D eigenvalue weighted by Gasteiger charge is -2.07. The van der Waals surface area contributed by atoms with E-state index in [9.17, 15) is 14.9 Å². The Labute approximate surface area is 101 Å². The van der Waals surface area contributed by atoms with Gasteiger partial charge in [0.1, 0.15) is 0 Å². The molecule has 0 unspecified atom stereocenters. The quantitative estimate of drug-likeness (QED) is 0.373. The van der Waals surface area contributed by atoms with Crippen LogP contribution in [0.2, 0.25) is 0 Å². The van der Waals surface area contributed by atoms with Gasteiger partial charge in [0.15, 0.2) is 5.43 Å². The van der Waals surface area contributed by atoms with Crippen LogP contribution in [0.25, 0.3) is 22.1 Å². The Balaban J connectivity index is 2.55. The second kappa shape index (κ2) is 3.66. The SMILES string of the molecule is O=c1ccc([N+](=O)[O-])c2occ3ccccc3c1-2. The monoisotopic (exact) mass is 241 g/mol. The van der Waals surface area contributed by atoms with Crippen LogP contribution < -0.4 is 5.43 Å². The van der Waals surface area contributed by atoms with Gasteiger partial charge >= 0.3 is 5.69 Å². The molecule has 3 rings (SSSR count). The molecule has 0 spiro atoms. The average molecular weight is 241 g/mol. The molecule has 0 amide bonds. The molecular formula is C13H7NO4. The van der Waals surface area contributed by atoms with E-state index in [1.807, 2.05) is 6.07 Å². The molecular weight excluding hydrogens is 234 g/mol. The summed E-state index contributed by atoms with van der Waals surface area (Å²) in [6.45, 7) is 0. The zero-order valence-corrected chi connectivity index (χ0v) is 9.12. The van der Waals surface area contributed by atoms with Gasteiger partial charge in [-0.1, -0.05) is 24.3 Å². The lowest BCUT2D eigenvalue weighted by molar-refractivity contribution is -0.385. The summed E-state index contributed by atoms with van der Waals surface area (Å²) >= 11 is 0. The summed E-state index contributed by atoms with van der Waals surface area (Å²) in [5.74, 6) is 0.0196. The fraction of sp³-hybridized carbons (Fsp3) is 0. The summed E-state index contributed by atoms with van der Waals surface area (Å²) in [6, 6.07) is 9.49. The minimum Gasteiger partial charge on any atom is -0.456 e. The number of hydrogen-bond donors (Lipinski definition) is 0. The molecule has 2 aliphatic rings. The van der Waals surface area contributed by atoms with Crippen LogP contribution in [0, 0.1) is 10.1 Å². The smallest absolute Gasteiger partial charge is 0.312 e. The summed E-state index contributed by atoms with van der Waals surface area (Å²) in [4.78, 5) is 22.2. The van der Waals surface area contributed by atoms with Gasteiger partial charge in [0.2, 0.25) is 5.76 Å². The molecule has 88 valence electrons. The molecule has 1 heterocycles. The maximum atomic E-state index is 11.9. The summed E-state index contributed by atoms with van der Waals surface area (Å²) < 4.78 is 5.26. The third-order valence-corrected chi connectivity index (χ3v) is 2.83. The number of nitro benzene ring substituents is 1. The maximum Gasteiger partial charge on any atom is 0.312 e. The van der Waals surface area contributed by atoms with E-state index >= 15 is 0 Å². The van der Waals surface area contributed by atoms with Crippen LogP contribution in [0.4, 0.5) is 5.69 Å². The van der Waals surface area contributed by atoms with E-state index in [2.05, 4.69) is 0 Å². The van der Waals surface area contributed by atoms with Crippen LogP contribution in [-0.2, 0) is 0 Å². The maximum absolute atomic E-state index is 11.9. The first kappa shape index (κ1) is 10.5. The molecule has 0 atom stereocenters. The van der Waals surface area contributed by atoms with Crippen LogP contribution in [-0.4, -0.2) is 4.92 Å². The Morgan fingerprint density at radius 2 is 1.89 bits per heavy atom. The summed E-state index contributed by atoms with van der Waals surface area (Å²) in [5, 5.41) is 12.3. The highest BCUT2D eigenvalue weighted by atomic mass is 16.6. The molecule has 0 bridgehead atoms. The second-order valence-corrected chi connectivity index (χ2v) is 3.87. The van der Waals surface area contributed by atoms with E-state index in [-0.39, 0.29) is 22.4 Å². The molecule has 5 nitrogen and oxygen atoms in total. The van der Waals surface area contributed by atoms with E-state index in [0.717, 1.165) is 5.39 Å². The molecule has 0 aromatic heterocycles. The van der Waals surface area contributed by atoms with Crippen molar-refractivity contribution in [1.29, 1.82) is 0 Å². The molecule has 0 saturated carbocycles. The summed E-state index contributed by atoms with van der Waals surface area (Å²) in [7, 11) is 0. The largest absolute Gasteiger partial charge is 0.456 e. The predicted octanol–water partition coefficient (Wildman–Crippen LogP) is 2.81.